The van der Waals surface area contributed by atoms with Gasteiger partial charge >= 0.3 is 0 Å². The van der Waals surface area contributed by atoms with Gasteiger partial charge in [0, 0.05) is 43.9 Å². The fourth-order valence-corrected chi connectivity index (χ4v) is 3.97. The highest BCUT2D eigenvalue weighted by atomic mass is 19.1. The summed E-state index contributed by atoms with van der Waals surface area (Å²) >= 11 is 0. The lowest BCUT2D eigenvalue weighted by Crippen LogP contribution is -2.47. The van der Waals surface area contributed by atoms with Crippen LogP contribution in [0.25, 0.3) is 16.9 Å². The van der Waals surface area contributed by atoms with Crippen LogP contribution in [0.3, 0.4) is 0 Å². The van der Waals surface area contributed by atoms with E-state index >= 15 is 0 Å². The molecule has 0 unspecified atom stereocenters. The molecule has 9 heteroatoms. The Bertz CT molecular complexity index is 1060. The lowest BCUT2D eigenvalue weighted by atomic mass is 10.0. The SMILES string of the molecule is O=C(c1nnn(-c2ccccc2F)c1-c1cccnc1)N1CCC2(CC1)OCCO2. The number of likely N-dealkylation sites (tertiary alicyclic amines) is 1. The molecule has 0 bridgehead atoms. The predicted octanol–water partition coefficient (Wildman–Crippen LogP) is 2.45. The normalized spacial score (nSPS) is 18.1. The summed E-state index contributed by atoms with van der Waals surface area (Å²) in [6, 6.07) is 9.80. The minimum atomic E-state index is -0.576. The first kappa shape index (κ1) is 18.8. The van der Waals surface area contributed by atoms with Crippen LogP contribution < -0.4 is 0 Å². The second-order valence-electron chi connectivity index (χ2n) is 7.29. The predicted molar refractivity (Wildman–Crippen MR) is 104 cm³/mol. The molecule has 2 fully saturated rings. The van der Waals surface area contributed by atoms with E-state index in [1.54, 1.807) is 47.6 Å². The van der Waals surface area contributed by atoms with Crippen molar-refractivity contribution in [1.29, 1.82) is 0 Å². The molecule has 30 heavy (non-hydrogen) atoms. The van der Waals surface area contributed by atoms with E-state index in [4.69, 9.17) is 9.47 Å². The number of nitrogens with zero attached hydrogens (tertiary/aromatic N) is 5. The Morgan fingerprint density at radius 3 is 2.53 bits per heavy atom. The first-order chi connectivity index (χ1) is 14.7. The van der Waals surface area contributed by atoms with Crippen LogP contribution in [0, 0.1) is 5.82 Å². The third kappa shape index (κ3) is 3.25. The Morgan fingerprint density at radius 1 is 1.07 bits per heavy atom. The summed E-state index contributed by atoms with van der Waals surface area (Å²) in [4.78, 5) is 19.2. The quantitative estimate of drug-likeness (QED) is 0.661. The van der Waals surface area contributed by atoms with E-state index in [0.717, 1.165) is 0 Å². The lowest BCUT2D eigenvalue weighted by molar-refractivity contribution is -0.181. The Balaban J connectivity index is 1.51. The van der Waals surface area contributed by atoms with Crippen LogP contribution in [0.1, 0.15) is 23.3 Å². The average molecular weight is 409 g/mol. The number of benzene rings is 1. The zero-order valence-electron chi connectivity index (χ0n) is 16.2. The zero-order chi connectivity index (χ0) is 20.6. The molecule has 3 aromatic rings. The Labute approximate surface area is 172 Å². The van der Waals surface area contributed by atoms with Crippen molar-refractivity contribution in [2.45, 2.75) is 18.6 Å². The van der Waals surface area contributed by atoms with Gasteiger partial charge in [-0.3, -0.25) is 9.78 Å². The van der Waals surface area contributed by atoms with Gasteiger partial charge in [-0.2, -0.15) is 0 Å². The summed E-state index contributed by atoms with van der Waals surface area (Å²) in [7, 11) is 0. The van der Waals surface area contributed by atoms with Crippen LogP contribution in [0.4, 0.5) is 4.39 Å². The molecule has 2 aromatic heterocycles. The monoisotopic (exact) mass is 409 g/mol. The minimum Gasteiger partial charge on any atom is -0.347 e. The molecule has 0 saturated carbocycles. The number of aromatic nitrogens is 4. The molecular formula is C21H20FN5O3. The molecule has 8 nitrogen and oxygen atoms in total. The summed E-state index contributed by atoms with van der Waals surface area (Å²) in [5, 5.41) is 8.25. The molecule has 1 amide bonds. The standard InChI is InChI=1S/C21H20FN5O3/c22-16-5-1-2-6-17(16)27-19(15-4-3-9-23-14-15)18(24-25-27)20(28)26-10-7-21(8-11-26)29-12-13-30-21/h1-6,9,14H,7-8,10-13H2. The number of halogens is 1. The zero-order valence-corrected chi connectivity index (χ0v) is 16.2. The van der Waals surface area contributed by atoms with Gasteiger partial charge in [-0.15, -0.1) is 5.10 Å². The third-order valence-electron chi connectivity index (χ3n) is 5.51. The van der Waals surface area contributed by atoms with Gasteiger partial charge in [0.05, 0.1) is 13.2 Å². The molecule has 2 saturated heterocycles. The van der Waals surface area contributed by atoms with E-state index in [1.165, 1.54) is 10.7 Å². The summed E-state index contributed by atoms with van der Waals surface area (Å²) in [6.07, 6.45) is 4.44. The van der Waals surface area contributed by atoms with E-state index in [-0.39, 0.29) is 17.3 Å². The van der Waals surface area contributed by atoms with E-state index in [9.17, 15) is 9.18 Å². The number of ether oxygens (including phenoxy) is 2. The van der Waals surface area contributed by atoms with E-state index in [2.05, 4.69) is 15.3 Å². The smallest absolute Gasteiger partial charge is 0.276 e. The summed E-state index contributed by atoms with van der Waals surface area (Å²) < 4.78 is 27.3. The van der Waals surface area contributed by atoms with Crippen molar-refractivity contribution in [3.63, 3.8) is 0 Å². The second kappa shape index (κ2) is 7.58. The number of piperidine rings is 1. The summed E-state index contributed by atoms with van der Waals surface area (Å²) in [5.74, 6) is -1.29. The number of pyridine rings is 1. The Hall–Kier alpha value is -3.17. The van der Waals surface area contributed by atoms with Gasteiger partial charge in [0.15, 0.2) is 11.5 Å². The third-order valence-corrected chi connectivity index (χ3v) is 5.51. The number of para-hydroxylation sites is 1. The van der Waals surface area contributed by atoms with Crippen LogP contribution in [-0.2, 0) is 9.47 Å². The number of carbonyl (C=O) groups is 1. The van der Waals surface area contributed by atoms with Gasteiger partial charge in [-0.05, 0) is 24.3 Å². The van der Waals surface area contributed by atoms with Gasteiger partial charge in [-0.1, -0.05) is 17.3 Å². The number of rotatable bonds is 3. The van der Waals surface area contributed by atoms with Crippen LogP contribution in [0.15, 0.2) is 48.8 Å². The minimum absolute atomic E-state index is 0.162. The van der Waals surface area contributed by atoms with Gasteiger partial charge in [-0.25, -0.2) is 9.07 Å². The van der Waals surface area contributed by atoms with Gasteiger partial charge in [0.25, 0.3) is 5.91 Å². The van der Waals surface area contributed by atoms with Crippen molar-refractivity contribution in [1.82, 2.24) is 24.9 Å². The fourth-order valence-electron chi connectivity index (χ4n) is 3.97. The Morgan fingerprint density at radius 2 is 1.83 bits per heavy atom. The first-order valence-corrected chi connectivity index (χ1v) is 9.85. The molecule has 1 spiro atoms. The number of hydrogen-bond donors (Lipinski definition) is 0. The molecule has 4 heterocycles. The van der Waals surface area contributed by atoms with Crippen molar-refractivity contribution in [2.24, 2.45) is 0 Å². The summed E-state index contributed by atoms with van der Waals surface area (Å²) in [6.45, 7) is 2.13. The van der Waals surface area contributed by atoms with Crippen molar-refractivity contribution < 1.29 is 18.7 Å². The van der Waals surface area contributed by atoms with Crippen molar-refractivity contribution in [2.75, 3.05) is 26.3 Å². The second-order valence-corrected chi connectivity index (χ2v) is 7.29. The lowest BCUT2D eigenvalue weighted by Gasteiger charge is -2.37. The van der Waals surface area contributed by atoms with Crippen LogP contribution >= 0.6 is 0 Å². The average Bonchev–Trinajstić information content (AvgIpc) is 3.42. The fraction of sp³-hybridized carbons (Fsp3) is 0.333. The number of hydrogen-bond acceptors (Lipinski definition) is 6. The van der Waals surface area contributed by atoms with Crippen LogP contribution in [0.2, 0.25) is 0 Å². The molecule has 5 rings (SSSR count). The molecular weight excluding hydrogens is 389 g/mol. The van der Waals surface area contributed by atoms with Crippen LogP contribution in [0.5, 0.6) is 0 Å². The largest absolute Gasteiger partial charge is 0.347 e. The van der Waals surface area contributed by atoms with Crippen molar-refractivity contribution in [3.8, 4) is 16.9 Å². The van der Waals surface area contributed by atoms with E-state index in [1.807, 2.05) is 0 Å². The molecule has 0 N–H and O–H groups in total. The van der Waals surface area contributed by atoms with E-state index < -0.39 is 11.6 Å². The van der Waals surface area contributed by atoms with Crippen molar-refractivity contribution in [3.05, 3.63) is 60.3 Å². The van der Waals surface area contributed by atoms with Gasteiger partial charge in [0.2, 0.25) is 0 Å². The highest BCUT2D eigenvalue weighted by molar-refractivity contribution is 5.98. The molecule has 0 aliphatic carbocycles. The highest BCUT2D eigenvalue weighted by Gasteiger charge is 2.41. The number of carbonyl (C=O) groups excluding carboxylic acids is 1. The molecule has 0 atom stereocenters. The first-order valence-electron chi connectivity index (χ1n) is 9.85. The highest BCUT2D eigenvalue weighted by Crippen LogP contribution is 2.33. The molecule has 2 aliphatic heterocycles. The maximum Gasteiger partial charge on any atom is 0.276 e. The van der Waals surface area contributed by atoms with Crippen molar-refractivity contribution >= 4 is 5.91 Å². The molecule has 0 radical (unpaired) electrons. The van der Waals surface area contributed by atoms with E-state index in [0.29, 0.717) is 50.4 Å². The maximum absolute atomic E-state index is 14.5. The molecule has 154 valence electrons. The number of amides is 1. The topological polar surface area (TPSA) is 82.4 Å². The van der Waals surface area contributed by atoms with Gasteiger partial charge in [0.1, 0.15) is 17.2 Å². The van der Waals surface area contributed by atoms with Gasteiger partial charge < -0.3 is 14.4 Å². The molecule has 1 aromatic carbocycles. The maximum atomic E-state index is 14.5. The summed E-state index contributed by atoms with van der Waals surface area (Å²) in [5.41, 5.74) is 1.42. The Kier molecular flexibility index (Phi) is 4.76. The molecule has 2 aliphatic rings. The van der Waals surface area contributed by atoms with Crippen LogP contribution in [-0.4, -0.2) is 62.9 Å².